The molecular formula is C20H16S. The van der Waals surface area contributed by atoms with Crippen molar-refractivity contribution in [1.29, 1.82) is 0 Å². The maximum Gasteiger partial charge on any atom is 0.0361 e. The minimum absolute atomic E-state index is 1.09. The van der Waals surface area contributed by atoms with Gasteiger partial charge in [0.1, 0.15) is 0 Å². The predicted molar refractivity (Wildman–Crippen MR) is 94.1 cm³/mol. The summed E-state index contributed by atoms with van der Waals surface area (Å²) < 4.78 is 2.76. The number of thiophene rings is 1. The van der Waals surface area contributed by atoms with Crippen molar-refractivity contribution in [2.24, 2.45) is 0 Å². The summed E-state index contributed by atoms with van der Waals surface area (Å²) in [6.07, 6.45) is 1.09. The fourth-order valence-corrected chi connectivity index (χ4v) is 3.98. The van der Waals surface area contributed by atoms with E-state index in [1.165, 1.54) is 36.9 Å². The predicted octanol–water partition coefficient (Wildman–Crippen LogP) is 6.28. The molecule has 102 valence electrons. The molecule has 0 unspecified atom stereocenters. The van der Waals surface area contributed by atoms with Crippen molar-refractivity contribution in [2.45, 2.75) is 13.3 Å². The molecule has 0 aliphatic carbocycles. The first-order valence-corrected chi connectivity index (χ1v) is 8.17. The smallest absolute Gasteiger partial charge is 0.0361 e. The molecule has 0 N–H and O–H groups in total. The van der Waals surface area contributed by atoms with Crippen LogP contribution in [0.2, 0.25) is 0 Å². The van der Waals surface area contributed by atoms with Gasteiger partial charge in [0.2, 0.25) is 0 Å². The average Bonchev–Trinajstić information content (AvgIpc) is 2.92. The molecule has 3 aromatic carbocycles. The van der Waals surface area contributed by atoms with Gasteiger partial charge in [-0.1, -0.05) is 55.5 Å². The van der Waals surface area contributed by atoms with Gasteiger partial charge < -0.3 is 0 Å². The zero-order chi connectivity index (χ0) is 14.2. The lowest BCUT2D eigenvalue weighted by Gasteiger charge is -2.01. The molecule has 0 amide bonds. The van der Waals surface area contributed by atoms with Gasteiger partial charge in [0.15, 0.2) is 0 Å². The second-order valence-corrected chi connectivity index (χ2v) is 6.45. The number of fused-ring (bicyclic) bond motifs is 3. The van der Waals surface area contributed by atoms with E-state index >= 15 is 0 Å². The fraction of sp³-hybridized carbons (Fsp3) is 0.100. The fourth-order valence-electron chi connectivity index (χ4n) is 2.85. The Labute approximate surface area is 128 Å². The summed E-state index contributed by atoms with van der Waals surface area (Å²) in [5.41, 5.74) is 3.99. The third-order valence-corrected chi connectivity index (χ3v) is 5.18. The van der Waals surface area contributed by atoms with Crippen LogP contribution in [0.15, 0.2) is 66.7 Å². The molecule has 0 radical (unpaired) electrons. The van der Waals surface area contributed by atoms with E-state index in [1.54, 1.807) is 0 Å². The van der Waals surface area contributed by atoms with Crippen LogP contribution in [-0.4, -0.2) is 0 Å². The monoisotopic (exact) mass is 288 g/mol. The summed E-state index contributed by atoms with van der Waals surface area (Å²) in [6.45, 7) is 2.21. The van der Waals surface area contributed by atoms with Crippen molar-refractivity contribution in [1.82, 2.24) is 0 Å². The highest BCUT2D eigenvalue weighted by Gasteiger charge is 2.07. The number of benzene rings is 3. The Balaban J connectivity index is 1.95. The highest BCUT2D eigenvalue weighted by atomic mass is 32.1. The number of hydrogen-bond donors (Lipinski definition) is 0. The standard InChI is InChI=1S/C20H16S/c1-2-14-8-11-19-18(12-14)17-10-9-16(13-20(17)21-19)15-6-4-3-5-7-15/h3-13H,2H2,1H3. The van der Waals surface area contributed by atoms with E-state index in [-0.39, 0.29) is 0 Å². The molecule has 0 fully saturated rings. The molecule has 0 saturated heterocycles. The van der Waals surface area contributed by atoms with Crippen molar-refractivity contribution in [2.75, 3.05) is 0 Å². The van der Waals surface area contributed by atoms with E-state index in [9.17, 15) is 0 Å². The Kier molecular flexibility index (Phi) is 3.01. The molecule has 0 nitrogen and oxygen atoms in total. The highest BCUT2D eigenvalue weighted by Crippen LogP contribution is 2.36. The molecule has 1 heterocycles. The average molecular weight is 288 g/mol. The molecule has 21 heavy (non-hydrogen) atoms. The van der Waals surface area contributed by atoms with Crippen LogP contribution in [0.3, 0.4) is 0 Å². The van der Waals surface area contributed by atoms with Crippen LogP contribution in [0.5, 0.6) is 0 Å². The zero-order valence-corrected chi connectivity index (χ0v) is 12.8. The molecule has 1 heteroatoms. The second-order valence-electron chi connectivity index (χ2n) is 5.36. The molecule has 4 rings (SSSR count). The van der Waals surface area contributed by atoms with Crippen LogP contribution in [0, 0.1) is 0 Å². The van der Waals surface area contributed by atoms with Crippen molar-refractivity contribution in [3.05, 3.63) is 72.3 Å². The number of rotatable bonds is 2. The maximum atomic E-state index is 2.34. The van der Waals surface area contributed by atoms with E-state index in [0.29, 0.717) is 0 Å². The van der Waals surface area contributed by atoms with Gasteiger partial charge in [0, 0.05) is 20.2 Å². The lowest BCUT2D eigenvalue weighted by atomic mass is 10.0. The summed E-state index contributed by atoms with van der Waals surface area (Å²) in [6, 6.07) is 24.3. The van der Waals surface area contributed by atoms with E-state index < -0.39 is 0 Å². The molecule has 0 aliphatic rings. The van der Waals surface area contributed by atoms with Crippen LogP contribution < -0.4 is 0 Å². The summed E-state index contributed by atoms with van der Waals surface area (Å²) >= 11 is 1.89. The minimum Gasteiger partial charge on any atom is -0.135 e. The number of aryl methyl sites for hydroxylation is 1. The summed E-state index contributed by atoms with van der Waals surface area (Å²) in [7, 11) is 0. The zero-order valence-electron chi connectivity index (χ0n) is 12.0. The molecule has 0 atom stereocenters. The van der Waals surface area contributed by atoms with Gasteiger partial charge in [-0.05, 0) is 41.3 Å². The second kappa shape index (κ2) is 5.01. The lowest BCUT2D eigenvalue weighted by molar-refractivity contribution is 1.15. The third-order valence-electron chi connectivity index (χ3n) is 4.05. The molecule has 0 aliphatic heterocycles. The Morgan fingerprint density at radius 3 is 2.38 bits per heavy atom. The van der Waals surface area contributed by atoms with Crippen molar-refractivity contribution < 1.29 is 0 Å². The molecule has 4 aromatic rings. The SMILES string of the molecule is CCc1ccc2sc3cc(-c4ccccc4)ccc3c2c1. The van der Waals surface area contributed by atoms with Gasteiger partial charge >= 0.3 is 0 Å². The van der Waals surface area contributed by atoms with Crippen LogP contribution >= 0.6 is 11.3 Å². The quantitative estimate of drug-likeness (QED) is 0.407. The van der Waals surface area contributed by atoms with Gasteiger partial charge in [-0.15, -0.1) is 11.3 Å². The van der Waals surface area contributed by atoms with Crippen LogP contribution in [0.4, 0.5) is 0 Å². The van der Waals surface area contributed by atoms with Crippen molar-refractivity contribution in [3.8, 4) is 11.1 Å². The van der Waals surface area contributed by atoms with Gasteiger partial charge in [-0.3, -0.25) is 0 Å². The Morgan fingerprint density at radius 1 is 0.714 bits per heavy atom. The van der Waals surface area contributed by atoms with Gasteiger partial charge in [-0.2, -0.15) is 0 Å². The Bertz CT molecular complexity index is 917. The molecular weight excluding hydrogens is 272 g/mol. The van der Waals surface area contributed by atoms with Crippen LogP contribution in [0.25, 0.3) is 31.3 Å². The summed E-state index contributed by atoms with van der Waals surface area (Å²) in [5, 5.41) is 2.78. The van der Waals surface area contributed by atoms with Gasteiger partial charge in [-0.25, -0.2) is 0 Å². The first-order valence-electron chi connectivity index (χ1n) is 7.36. The summed E-state index contributed by atoms with van der Waals surface area (Å²) in [5.74, 6) is 0. The Morgan fingerprint density at radius 2 is 1.57 bits per heavy atom. The first kappa shape index (κ1) is 12.6. The topological polar surface area (TPSA) is 0 Å². The molecule has 0 spiro atoms. The third kappa shape index (κ3) is 2.14. The van der Waals surface area contributed by atoms with E-state index in [4.69, 9.17) is 0 Å². The van der Waals surface area contributed by atoms with Gasteiger partial charge in [0.05, 0.1) is 0 Å². The maximum absolute atomic E-state index is 2.34. The van der Waals surface area contributed by atoms with Crippen molar-refractivity contribution in [3.63, 3.8) is 0 Å². The van der Waals surface area contributed by atoms with Crippen molar-refractivity contribution >= 4 is 31.5 Å². The summed E-state index contributed by atoms with van der Waals surface area (Å²) in [4.78, 5) is 0. The van der Waals surface area contributed by atoms with E-state index in [0.717, 1.165) is 6.42 Å². The van der Waals surface area contributed by atoms with E-state index in [2.05, 4.69) is 73.7 Å². The first-order chi connectivity index (χ1) is 10.3. The largest absolute Gasteiger partial charge is 0.135 e. The van der Waals surface area contributed by atoms with Crippen LogP contribution in [0.1, 0.15) is 12.5 Å². The highest BCUT2D eigenvalue weighted by molar-refractivity contribution is 7.25. The minimum atomic E-state index is 1.09. The lowest BCUT2D eigenvalue weighted by Crippen LogP contribution is -1.78. The van der Waals surface area contributed by atoms with Crippen LogP contribution in [-0.2, 0) is 6.42 Å². The number of hydrogen-bond acceptors (Lipinski definition) is 1. The Hall–Kier alpha value is -2.12. The molecule has 0 bridgehead atoms. The van der Waals surface area contributed by atoms with E-state index in [1.807, 2.05) is 11.3 Å². The molecule has 1 aromatic heterocycles. The van der Waals surface area contributed by atoms with Gasteiger partial charge in [0.25, 0.3) is 0 Å². The molecule has 0 saturated carbocycles. The normalized spacial score (nSPS) is 11.3.